The number of aryl methyl sites for hydroxylation is 1. The fourth-order valence-electron chi connectivity index (χ4n) is 3.59. The molecule has 30 heavy (non-hydrogen) atoms. The summed E-state index contributed by atoms with van der Waals surface area (Å²) in [6.07, 6.45) is 1.05. The smallest absolute Gasteiger partial charge is 0.335 e. The Labute approximate surface area is 174 Å². The first kappa shape index (κ1) is 19.6. The highest BCUT2D eigenvalue weighted by Gasteiger charge is 2.43. The van der Waals surface area contributed by atoms with Gasteiger partial charge in [-0.2, -0.15) is 0 Å². The minimum Gasteiger partial charge on any atom is -0.425 e. The minimum atomic E-state index is -1.06. The molecule has 0 radical (unpaired) electrons. The van der Waals surface area contributed by atoms with Crippen LogP contribution in [-0.4, -0.2) is 28.7 Å². The van der Waals surface area contributed by atoms with Gasteiger partial charge in [-0.25, -0.2) is 4.79 Å². The third kappa shape index (κ3) is 3.74. The number of carbonyl (C=O) groups excluding carboxylic acids is 3. The summed E-state index contributed by atoms with van der Waals surface area (Å²) in [5.74, 6) is -1.21. The van der Waals surface area contributed by atoms with Crippen LogP contribution in [0, 0.1) is 0 Å². The molecule has 0 aliphatic carbocycles. The molecule has 1 unspecified atom stereocenters. The molecular weight excluding hydrogens is 378 g/mol. The molecule has 1 atom stereocenters. The standard InChI is InChI=1S/C25H21NO4/c1-2-17-12-14-19(15-13-17)30-25(29)22(16-18-8-4-3-5-9-18)26-23(27)20-10-6-7-11-21(20)24(26)28/h3-15,22H,2,16H2,1H3. The molecule has 2 amide bonds. The van der Waals surface area contributed by atoms with Crippen LogP contribution in [0.3, 0.4) is 0 Å². The first-order chi connectivity index (χ1) is 14.6. The van der Waals surface area contributed by atoms with Crippen LogP contribution in [0.2, 0.25) is 0 Å². The highest BCUT2D eigenvalue weighted by Crippen LogP contribution is 2.27. The highest BCUT2D eigenvalue weighted by atomic mass is 16.5. The number of esters is 1. The zero-order valence-electron chi connectivity index (χ0n) is 16.6. The molecule has 3 aromatic carbocycles. The molecule has 4 rings (SSSR count). The molecule has 0 aromatic heterocycles. The molecule has 0 bridgehead atoms. The molecule has 1 heterocycles. The third-order valence-corrected chi connectivity index (χ3v) is 5.23. The van der Waals surface area contributed by atoms with Crippen LogP contribution in [0.5, 0.6) is 5.75 Å². The number of hydrogen-bond donors (Lipinski definition) is 0. The van der Waals surface area contributed by atoms with Crippen LogP contribution in [-0.2, 0) is 17.6 Å². The topological polar surface area (TPSA) is 63.7 Å². The van der Waals surface area contributed by atoms with Gasteiger partial charge in [0.1, 0.15) is 11.8 Å². The maximum Gasteiger partial charge on any atom is 0.335 e. The van der Waals surface area contributed by atoms with Crippen LogP contribution in [0.4, 0.5) is 0 Å². The van der Waals surface area contributed by atoms with Crippen molar-refractivity contribution < 1.29 is 19.1 Å². The number of amides is 2. The Balaban J connectivity index is 1.65. The van der Waals surface area contributed by atoms with E-state index in [0.717, 1.165) is 22.4 Å². The van der Waals surface area contributed by atoms with Crippen LogP contribution >= 0.6 is 0 Å². The molecule has 150 valence electrons. The van der Waals surface area contributed by atoms with Crippen LogP contribution in [0.25, 0.3) is 0 Å². The maximum atomic E-state index is 13.1. The number of nitrogens with zero attached hydrogens (tertiary/aromatic N) is 1. The SMILES string of the molecule is CCc1ccc(OC(=O)C(Cc2ccccc2)N2C(=O)c3ccccc3C2=O)cc1. The zero-order chi connectivity index (χ0) is 21.1. The van der Waals surface area contributed by atoms with Gasteiger partial charge in [0.2, 0.25) is 0 Å². The average Bonchev–Trinajstić information content (AvgIpc) is 3.03. The number of fused-ring (bicyclic) bond motifs is 1. The Morgan fingerprint density at radius 3 is 1.93 bits per heavy atom. The first-order valence-electron chi connectivity index (χ1n) is 9.90. The number of hydrogen-bond acceptors (Lipinski definition) is 4. The van der Waals surface area contributed by atoms with Gasteiger partial charge in [0, 0.05) is 6.42 Å². The number of rotatable bonds is 6. The molecule has 5 nitrogen and oxygen atoms in total. The van der Waals surface area contributed by atoms with E-state index in [1.165, 1.54) is 0 Å². The average molecular weight is 399 g/mol. The zero-order valence-corrected chi connectivity index (χ0v) is 16.6. The maximum absolute atomic E-state index is 13.1. The van der Waals surface area contributed by atoms with Gasteiger partial charge in [0.25, 0.3) is 11.8 Å². The van der Waals surface area contributed by atoms with Crippen LogP contribution in [0.15, 0.2) is 78.9 Å². The fraction of sp³-hybridized carbons (Fsp3) is 0.160. The summed E-state index contributed by atoms with van der Waals surface area (Å²) in [7, 11) is 0. The summed E-state index contributed by atoms with van der Waals surface area (Å²) >= 11 is 0. The summed E-state index contributed by atoms with van der Waals surface area (Å²) in [4.78, 5) is 40.1. The molecule has 3 aromatic rings. The van der Waals surface area contributed by atoms with Gasteiger partial charge < -0.3 is 4.74 Å². The van der Waals surface area contributed by atoms with Crippen molar-refractivity contribution in [2.45, 2.75) is 25.8 Å². The number of ether oxygens (including phenoxy) is 1. The van der Waals surface area contributed by atoms with Crippen molar-refractivity contribution in [3.63, 3.8) is 0 Å². The summed E-state index contributed by atoms with van der Waals surface area (Å²) < 4.78 is 5.57. The number of imide groups is 1. The Hall–Kier alpha value is -3.73. The summed E-state index contributed by atoms with van der Waals surface area (Å²) in [5, 5.41) is 0. The van der Waals surface area contributed by atoms with E-state index < -0.39 is 23.8 Å². The van der Waals surface area contributed by atoms with Crippen molar-refractivity contribution >= 4 is 17.8 Å². The van der Waals surface area contributed by atoms with Gasteiger partial charge in [-0.05, 0) is 41.8 Å². The normalized spacial score (nSPS) is 13.8. The lowest BCUT2D eigenvalue weighted by molar-refractivity contribution is -0.138. The summed E-state index contributed by atoms with van der Waals surface area (Å²) in [6, 6.07) is 22.0. The molecule has 0 fully saturated rings. The molecule has 5 heteroatoms. The van der Waals surface area contributed by atoms with E-state index in [1.54, 1.807) is 36.4 Å². The van der Waals surface area contributed by atoms with E-state index in [-0.39, 0.29) is 6.42 Å². The Morgan fingerprint density at radius 2 is 1.37 bits per heavy atom. The quantitative estimate of drug-likeness (QED) is 0.356. The van der Waals surface area contributed by atoms with Gasteiger partial charge in [0.15, 0.2) is 0 Å². The van der Waals surface area contributed by atoms with E-state index >= 15 is 0 Å². The Kier molecular flexibility index (Phi) is 5.44. The van der Waals surface area contributed by atoms with Crippen LogP contribution in [0.1, 0.15) is 38.8 Å². The number of benzene rings is 3. The predicted molar refractivity (Wildman–Crippen MR) is 112 cm³/mol. The predicted octanol–water partition coefficient (Wildman–Crippen LogP) is 4.06. The van der Waals surface area contributed by atoms with Gasteiger partial charge >= 0.3 is 5.97 Å². The highest BCUT2D eigenvalue weighted by molar-refractivity contribution is 6.22. The first-order valence-corrected chi connectivity index (χ1v) is 9.90. The summed E-state index contributed by atoms with van der Waals surface area (Å²) in [5.41, 5.74) is 2.56. The van der Waals surface area contributed by atoms with Crippen molar-refractivity contribution in [2.24, 2.45) is 0 Å². The number of carbonyl (C=O) groups is 3. The fourth-order valence-corrected chi connectivity index (χ4v) is 3.59. The minimum absolute atomic E-state index is 0.179. The van der Waals surface area contributed by atoms with Crippen molar-refractivity contribution in [1.29, 1.82) is 0 Å². The molecule has 1 aliphatic rings. The molecule has 0 saturated heterocycles. The van der Waals surface area contributed by atoms with Crippen molar-refractivity contribution in [2.75, 3.05) is 0 Å². The Morgan fingerprint density at radius 1 is 0.800 bits per heavy atom. The molecule has 0 spiro atoms. The molecular formula is C25H21NO4. The van der Waals surface area contributed by atoms with Gasteiger partial charge in [-0.15, -0.1) is 0 Å². The van der Waals surface area contributed by atoms with E-state index in [1.807, 2.05) is 49.4 Å². The van der Waals surface area contributed by atoms with Crippen molar-refractivity contribution in [3.05, 3.63) is 101 Å². The van der Waals surface area contributed by atoms with Crippen molar-refractivity contribution in [3.8, 4) is 5.75 Å². The van der Waals surface area contributed by atoms with E-state index in [9.17, 15) is 14.4 Å². The van der Waals surface area contributed by atoms with E-state index in [2.05, 4.69) is 0 Å². The molecule has 0 saturated carbocycles. The molecule has 0 N–H and O–H groups in total. The van der Waals surface area contributed by atoms with Gasteiger partial charge in [-0.1, -0.05) is 61.5 Å². The largest absolute Gasteiger partial charge is 0.425 e. The van der Waals surface area contributed by atoms with Gasteiger partial charge in [-0.3, -0.25) is 14.5 Å². The molecule has 1 aliphatic heterocycles. The lowest BCUT2D eigenvalue weighted by atomic mass is 10.0. The van der Waals surface area contributed by atoms with E-state index in [0.29, 0.717) is 16.9 Å². The lowest BCUT2D eigenvalue weighted by Crippen LogP contribution is -2.48. The monoisotopic (exact) mass is 399 g/mol. The second-order valence-electron chi connectivity index (χ2n) is 7.15. The second kappa shape index (κ2) is 8.33. The van der Waals surface area contributed by atoms with E-state index in [4.69, 9.17) is 4.74 Å². The van der Waals surface area contributed by atoms with Crippen LogP contribution < -0.4 is 4.74 Å². The van der Waals surface area contributed by atoms with Gasteiger partial charge in [0.05, 0.1) is 11.1 Å². The second-order valence-corrected chi connectivity index (χ2v) is 7.15. The Bertz CT molecular complexity index is 1050. The van der Waals surface area contributed by atoms with Crippen molar-refractivity contribution in [1.82, 2.24) is 4.90 Å². The third-order valence-electron chi connectivity index (χ3n) is 5.23. The summed E-state index contributed by atoms with van der Waals surface area (Å²) in [6.45, 7) is 2.04. The lowest BCUT2D eigenvalue weighted by Gasteiger charge is -2.24.